The van der Waals surface area contributed by atoms with Gasteiger partial charge in [0.2, 0.25) is 11.8 Å². The van der Waals surface area contributed by atoms with E-state index in [0.29, 0.717) is 53.4 Å². The number of carbonyl (C=O) groups excluding carboxylic acids is 2. The number of ether oxygens (including phenoxy) is 2. The van der Waals surface area contributed by atoms with Crippen LogP contribution in [0.15, 0.2) is 55.7 Å². The maximum absolute atomic E-state index is 11.3. The summed E-state index contributed by atoms with van der Waals surface area (Å²) in [5.74, 6) is 0.360. The fourth-order valence-electron chi connectivity index (χ4n) is 4.39. The molecule has 0 radical (unpaired) electrons. The number of aromatic nitrogens is 4. The van der Waals surface area contributed by atoms with Crippen molar-refractivity contribution in [1.82, 2.24) is 20.4 Å². The van der Waals surface area contributed by atoms with Gasteiger partial charge in [-0.2, -0.15) is 0 Å². The van der Waals surface area contributed by atoms with Crippen molar-refractivity contribution in [2.24, 2.45) is 11.8 Å². The number of benzene rings is 2. The first-order valence-corrected chi connectivity index (χ1v) is 16.5. The van der Waals surface area contributed by atoms with Gasteiger partial charge in [0.05, 0.1) is 47.2 Å². The fourth-order valence-corrected chi connectivity index (χ4v) is 7.68. The maximum atomic E-state index is 11.3. The number of halogens is 4. The lowest BCUT2D eigenvalue weighted by atomic mass is 9.85. The van der Waals surface area contributed by atoms with Gasteiger partial charge in [-0.25, -0.2) is 0 Å². The minimum absolute atomic E-state index is 0.0180. The van der Waals surface area contributed by atoms with Crippen molar-refractivity contribution < 1.29 is 27.9 Å². The van der Waals surface area contributed by atoms with Crippen LogP contribution in [0.5, 0.6) is 0 Å². The molecule has 16 heteroatoms. The molecule has 2 aromatic carbocycles. The number of hydrogen-bond acceptors (Lipinski definition) is 12. The highest BCUT2D eigenvalue weighted by Crippen LogP contribution is 2.43. The number of thioether (sulfide) groups is 2. The van der Waals surface area contributed by atoms with E-state index in [1.807, 2.05) is 0 Å². The zero-order chi connectivity index (χ0) is 31.4. The van der Waals surface area contributed by atoms with Gasteiger partial charge >= 0.3 is 11.9 Å². The van der Waals surface area contributed by atoms with Crippen molar-refractivity contribution >= 4 is 81.9 Å². The van der Waals surface area contributed by atoms with E-state index in [4.69, 9.17) is 64.7 Å². The Kier molecular flexibility index (Phi) is 11.0. The first-order chi connectivity index (χ1) is 21.1. The van der Waals surface area contributed by atoms with Gasteiger partial charge < -0.3 is 18.3 Å². The molecule has 10 nitrogen and oxygen atoms in total. The van der Waals surface area contributed by atoms with Gasteiger partial charge in [-0.15, -0.1) is 20.4 Å². The SMILES string of the molecule is COC(=O)C1CC(Sc2nnc(-c3ccc(Cl)cc3Cl)o2)C1.COC(=O)C1CC(Sc2nnc(-c3ccc(Cl)cc3Cl)o2)C1. The third kappa shape index (κ3) is 8.02. The van der Waals surface area contributed by atoms with E-state index in [0.717, 1.165) is 25.7 Å². The molecule has 44 heavy (non-hydrogen) atoms. The summed E-state index contributed by atoms with van der Waals surface area (Å²) in [6.07, 6.45) is 3.04. The molecule has 2 saturated carbocycles. The first-order valence-electron chi connectivity index (χ1n) is 13.2. The summed E-state index contributed by atoms with van der Waals surface area (Å²) in [7, 11) is 2.81. The zero-order valence-corrected chi connectivity index (χ0v) is 27.8. The van der Waals surface area contributed by atoms with E-state index in [2.05, 4.69) is 20.4 Å². The average molecular weight is 718 g/mol. The quantitative estimate of drug-likeness (QED) is 0.163. The number of hydrogen-bond donors (Lipinski definition) is 0. The molecular formula is C28H24Cl4N4O6S2. The molecule has 6 rings (SSSR count). The molecular weight excluding hydrogens is 694 g/mol. The third-order valence-corrected chi connectivity index (χ3v) is 10.2. The molecule has 0 bridgehead atoms. The Morgan fingerprint density at radius 3 is 1.41 bits per heavy atom. The smallest absolute Gasteiger partial charge is 0.308 e. The molecule has 232 valence electrons. The molecule has 0 aliphatic heterocycles. The summed E-state index contributed by atoms with van der Waals surface area (Å²) >= 11 is 26.9. The molecule has 0 unspecified atom stereocenters. The van der Waals surface area contributed by atoms with Crippen LogP contribution < -0.4 is 0 Å². The van der Waals surface area contributed by atoms with E-state index in [1.54, 1.807) is 36.4 Å². The summed E-state index contributed by atoms with van der Waals surface area (Å²) in [6.45, 7) is 0. The molecule has 2 aromatic heterocycles. The molecule has 2 heterocycles. The van der Waals surface area contributed by atoms with Crippen molar-refractivity contribution in [2.75, 3.05) is 14.2 Å². The predicted molar refractivity (Wildman–Crippen MR) is 168 cm³/mol. The second kappa shape index (κ2) is 14.7. The third-order valence-electron chi connectivity index (χ3n) is 6.93. The Bertz CT molecular complexity index is 1520. The minimum Gasteiger partial charge on any atom is -0.469 e. The number of methoxy groups -OCH3 is 2. The van der Waals surface area contributed by atoms with Gasteiger partial charge in [0.15, 0.2) is 0 Å². The topological polar surface area (TPSA) is 130 Å². The van der Waals surface area contributed by atoms with Gasteiger partial charge in [-0.1, -0.05) is 69.9 Å². The molecule has 0 amide bonds. The highest BCUT2D eigenvalue weighted by atomic mass is 35.5. The monoisotopic (exact) mass is 716 g/mol. The summed E-state index contributed by atoms with van der Waals surface area (Å²) in [5.41, 5.74) is 1.29. The van der Waals surface area contributed by atoms with Gasteiger partial charge in [-0.3, -0.25) is 9.59 Å². The van der Waals surface area contributed by atoms with Crippen LogP contribution in [0, 0.1) is 11.8 Å². The van der Waals surface area contributed by atoms with Crippen LogP contribution in [0.2, 0.25) is 20.1 Å². The largest absolute Gasteiger partial charge is 0.469 e. The van der Waals surface area contributed by atoms with Crippen LogP contribution in [-0.4, -0.2) is 57.1 Å². The minimum atomic E-state index is -0.156. The summed E-state index contributed by atoms with van der Waals surface area (Å²) in [5, 5.41) is 19.5. The maximum Gasteiger partial charge on any atom is 0.308 e. The Labute approximate surface area is 280 Å². The van der Waals surface area contributed by atoms with Crippen molar-refractivity contribution in [3.63, 3.8) is 0 Å². The van der Waals surface area contributed by atoms with E-state index in [9.17, 15) is 9.59 Å². The average Bonchev–Trinajstić information content (AvgIpc) is 3.61. The van der Waals surface area contributed by atoms with Crippen LogP contribution in [0.4, 0.5) is 0 Å². The van der Waals surface area contributed by atoms with Crippen LogP contribution >= 0.6 is 69.9 Å². The predicted octanol–water partition coefficient (Wildman–Crippen LogP) is 8.17. The van der Waals surface area contributed by atoms with Crippen LogP contribution in [0.1, 0.15) is 25.7 Å². The number of esters is 2. The highest BCUT2D eigenvalue weighted by molar-refractivity contribution is 8.00. The molecule has 2 aliphatic carbocycles. The Morgan fingerprint density at radius 2 is 1.07 bits per heavy atom. The Balaban J connectivity index is 0.000000175. The number of carbonyl (C=O) groups is 2. The first kappa shape index (κ1) is 32.9. The molecule has 0 saturated heterocycles. The molecule has 0 atom stereocenters. The highest BCUT2D eigenvalue weighted by Gasteiger charge is 2.38. The number of nitrogens with zero attached hydrogens (tertiary/aromatic N) is 4. The lowest BCUT2D eigenvalue weighted by molar-refractivity contribution is -0.148. The standard InChI is InChI=1S/2C14H12Cl2N2O3S/c2*1-20-13(19)7-4-9(5-7)22-14-18-17-12(21-14)10-3-2-8(15)6-11(10)16/h2*2-3,6-7,9H,4-5H2,1H3. The summed E-state index contributed by atoms with van der Waals surface area (Å²) in [6, 6.07) is 10.2. The summed E-state index contributed by atoms with van der Waals surface area (Å²) in [4.78, 5) is 22.7. The van der Waals surface area contributed by atoms with Crippen molar-refractivity contribution in [3.05, 3.63) is 56.5 Å². The van der Waals surface area contributed by atoms with Gasteiger partial charge in [0.25, 0.3) is 10.4 Å². The number of rotatable bonds is 8. The van der Waals surface area contributed by atoms with E-state index in [1.165, 1.54) is 37.7 Å². The lowest BCUT2D eigenvalue weighted by Crippen LogP contribution is -2.33. The zero-order valence-electron chi connectivity index (χ0n) is 23.2. The van der Waals surface area contributed by atoms with Gasteiger partial charge in [0, 0.05) is 20.5 Å². The molecule has 4 aromatic rings. The fraction of sp³-hybridized carbons (Fsp3) is 0.357. The van der Waals surface area contributed by atoms with E-state index in [-0.39, 0.29) is 34.3 Å². The van der Waals surface area contributed by atoms with Gasteiger partial charge in [-0.05, 0) is 62.1 Å². The van der Waals surface area contributed by atoms with Crippen molar-refractivity contribution in [2.45, 2.75) is 46.6 Å². The Morgan fingerprint density at radius 1 is 0.682 bits per heavy atom. The molecule has 0 N–H and O–H groups in total. The van der Waals surface area contributed by atoms with Gasteiger partial charge in [0.1, 0.15) is 0 Å². The van der Waals surface area contributed by atoms with Crippen molar-refractivity contribution in [1.29, 1.82) is 0 Å². The van der Waals surface area contributed by atoms with Crippen molar-refractivity contribution in [3.8, 4) is 22.9 Å². The lowest BCUT2D eigenvalue weighted by Gasteiger charge is -2.31. The van der Waals surface area contributed by atoms with E-state index >= 15 is 0 Å². The molecule has 2 aliphatic rings. The normalized spacial score (nSPS) is 20.5. The van der Waals surface area contributed by atoms with Crippen LogP contribution in [0.25, 0.3) is 22.9 Å². The van der Waals surface area contributed by atoms with E-state index < -0.39 is 0 Å². The van der Waals surface area contributed by atoms with Crippen LogP contribution in [0.3, 0.4) is 0 Å². The van der Waals surface area contributed by atoms with Crippen LogP contribution in [-0.2, 0) is 19.1 Å². The second-order valence-electron chi connectivity index (χ2n) is 9.86. The molecule has 2 fully saturated rings. The molecule has 0 spiro atoms. The summed E-state index contributed by atoms with van der Waals surface area (Å²) < 4.78 is 20.7. The Hall–Kier alpha value is -2.48. The second-order valence-corrected chi connectivity index (χ2v) is 14.0.